The molecule has 21 heavy (non-hydrogen) atoms. The summed E-state index contributed by atoms with van der Waals surface area (Å²) in [4.78, 5) is 8.44. The molecular weight excluding hydrogens is 273 g/mol. The highest BCUT2D eigenvalue weighted by atomic mass is 19.1. The first-order valence-corrected chi connectivity index (χ1v) is 6.55. The van der Waals surface area contributed by atoms with Gasteiger partial charge in [-0.05, 0) is 31.0 Å². The fourth-order valence-corrected chi connectivity index (χ4v) is 2.06. The zero-order valence-electron chi connectivity index (χ0n) is 11.2. The summed E-state index contributed by atoms with van der Waals surface area (Å²) in [6, 6.07) is 4.34. The monoisotopic (exact) mass is 287 g/mol. The van der Waals surface area contributed by atoms with E-state index >= 15 is 0 Å². The van der Waals surface area contributed by atoms with Crippen LogP contribution in [0.5, 0.6) is 0 Å². The number of anilines is 1. The van der Waals surface area contributed by atoms with Gasteiger partial charge in [0, 0.05) is 17.9 Å². The van der Waals surface area contributed by atoms with Crippen molar-refractivity contribution in [2.75, 3.05) is 12.3 Å². The van der Waals surface area contributed by atoms with Gasteiger partial charge in [0.05, 0.1) is 23.8 Å². The van der Waals surface area contributed by atoms with Crippen LogP contribution in [-0.4, -0.2) is 31.3 Å². The second kappa shape index (κ2) is 5.45. The minimum Gasteiger partial charge on any atom is -0.399 e. The number of aliphatic hydroxyl groups excluding tert-OH is 1. The summed E-state index contributed by atoms with van der Waals surface area (Å²) in [7, 11) is 0. The van der Waals surface area contributed by atoms with Crippen LogP contribution in [0.1, 0.15) is 12.1 Å². The summed E-state index contributed by atoms with van der Waals surface area (Å²) in [6.45, 7) is 0.101. The van der Waals surface area contributed by atoms with Crippen molar-refractivity contribution in [2.45, 2.75) is 12.8 Å². The quantitative estimate of drug-likeness (QED) is 0.709. The van der Waals surface area contributed by atoms with Crippen LogP contribution in [-0.2, 0) is 6.42 Å². The Morgan fingerprint density at radius 3 is 3.00 bits per heavy atom. The first-order valence-electron chi connectivity index (χ1n) is 6.55. The molecule has 0 aliphatic carbocycles. The minimum atomic E-state index is -0.395. The molecule has 108 valence electrons. The lowest BCUT2D eigenvalue weighted by Crippen LogP contribution is -2.00. The highest BCUT2D eigenvalue weighted by Gasteiger charge is 2.11. The van der Waals surface area contributed by atoms with Crippen molar-refractivity contribution < 1.29 is 9.50 Å². The second-order valence-electron chi connectivity index (χ2n) is 4.69. The van der Waals surface area contributed by atoms with Gasteiger partial charge in [-0.3, -0.25) is 0 Å². The maximum absolute atomic E-state index is 13.9. The Morgan fingerprint density at radius 2 is 2.19 bits per heavy atom. The molecule has 1 aromatic carbocycles. The van der Waals surface area contributed by atoms with Gasteiger partial charge in [-0.15, -0.1) is 0 Å². The van der Waals surface area contributed by atoms with Crippen LogP contribution < -0.4 is 5.73 Å². The number of rotatable bonds is 4. The predicted octanol–water partition coefficient (Wildman–Crippen LogP) is 1.44. The SMILES string of the molecule is Nc1ccc(F)c(-c2cn3nc(CCCO)cnc3n2)c1. The molecule has 3 rings (SSSR count). The average Bonchev–Trinajstić information content (AvgIpc) is 2.90. The number of halogens is 1. The molecule has 0 aliphatic rings. The third kappa shape index (κ3) is 2.68. The average molecular weight is 287 g/mol. The molecule has 3 aromatic rings. The first kappa shape index (κ1) is 13.4. The van der Waals surface area contributed by atoms with Crippen molar-refractivity contribution in [3.63, 3.8) is 0 Å². The molecule has 6 nitrogen and oxygen atoms in total. The molecule has 0 unspecified atom stereocenters. The van der Waals surface area contributed by atoms with Crippen LogP contribution in [0.25, 0.3) is 17.0 Å². The van der Waals surface area contributed by atoms with Crippen LogP contribution in [0.4, 0.5) is 10.1 Å². The maximum Gasteiger partial charge on any atom is 0.251 e. The van der Waals surface area contributed by atoms with Gasteiger partial charge >= 0.3 is 0 Å². The molecule has 2 heterocycles. The van der Waals surface area contributed by atoms with Gasteiger partial charge < -0.3 is 10.8 Å². The number of hydrogen-bond acceptors (Lipinski definition) is 5. The molecule has 0 bridgehead atoms. The molecule has 0 saturated heterocycles. The Morgan fingerprint density at radius 1 is 1.33 bits per heavy atom. The zero-order valence-corrected chi connectivity index (χ0v) is 11.2. The summed E-state index contributed by atoms with van der Waals surface area (Å²) in [6.07, 6.45) is 4.46. The largest absolute Gasteiger partial charge is 0.399 e. The van der Waals surface area contributed by atoms with Gasteiger partial charge in [-0.2, -0.15) is 5.10 Å². The molecule has 0 spiro atoms. The number of aliphatic hydroxyl groups is 1. The summed E-state index contributed by atoms with van der Waals surface area (Å²) < 4.78 is 15.4. The van der Waals surface area contributed by atoms with Crippen LogP contribution in [0, 0.1) is 5.82 Å². The van der Waals surface area contributed by atoms with E-state index < -0.39 is 5.82 Å². The van der Waals surface area contributed by atoms with E-state index in [1.165, 1.54) is 22.7 Å². The number of aromatic nitrogens is 4. The number of nitrogens with zero attached hydrogens (tertiary/aromatic N) is 4. The number of nitrogen functional groups attached to an aromatic ring is 1. The van der Waals surface area contributed by atoms with Crippen LogP contribution in [0.3, 0.4) is 0 Å². The highest BCUT2D eigenvalue weighted by Crippen LogP contribution is 2.24. The highest BCUT2D eigenvalue weighted by molar-refractivity contribution is 5.66. The Labute approximate surface area is 120 Å². The number of fused-ring (bicyclic) bond motifs is 1. The Bertz CT molecular complexity index is 786. The van der Waals surface area contributed by atoms with Crippen molar-refractivity contribution in [1.29, 1.82) is 0 Å². The van der Waals surface area contributed by atoms with Gasteiger partial charge in [0.15, 0.2) is 0 Å². The van der Waals surface area contributed by atoms with Gasteiger partial charge in [0.2, 0.25) is 0 Å². The number of aryl methyl sites for hydroxylation is 1. The lowest BCUT2D eigenvalue weighted by molar-refractivity contribution is 0.288. The Balaban J connectivity index is 2.02. The first-order chi connectivity index (χ1) is 10.2. The van der Waals surface area contributed by atoms with Gasteiger partial charge in [-0.1, -0.05) is 0 Å². The normalized spacial score (nSPS) is 11.1. The van der Waals surface area contributed by atoms with E-state index in [0.29, 0.717) is 35.6 Å². The van der Waals surface area contributed by atoms with E-state index in [0.717, 1.165) is 5.69 Å². The number of nitrogens with two attached hydrogens (primary N) is 1. The molecule has 2 aromatic heterocycles. The van der Waals surface area contributed by atoms with Crippen molar-refractivity contribution in [3.8, 4) is 11.3 Å². The molecule has 0 aliphatic heterocycles. The molecule has 3 N–H and O–H groups in total. The topological polar surface area (TPSA) is 89.3 Å². The Hall–Kier alpha value is -2.54. The lowest BCUT2D eigenvalue weighted by Gasteiger charge is -1.99. The summed E-state index contributed by atoms with van der Waals surface area (Å²) in [5, 5.41) is 13.2. The second-order valence-corrected chi connectivity index (χ2v) is 4.69. The van der Waals surface area contributed by atoms with Gasteiger partial charge in [-0.25, -0.2) is 18.9 Å². The molecule has 0 fully saturated rings. The van der Waals surface area contributed by atoms with Crippen molar-refractivity contribution in [2.24, 2.45) is 0 Å². The minimum absolute atomic E-state index is 0.101. The van der Waals surface area contributed by atoms with E-state index in [1.807, 2.05) is 0 Å². The summed E-state index contributed by atoms with van der Waals surface area (Å²) in [5.41, 5.74) is 7.64. The van der Waals surface area contributed by atoms with Gasteiger partial charge in [0.1, 0.15) is 5.82 Å². The number of benzene rings is 1. The van der Waals surface area contributed by atoms with Crippen molar-refractivity contribution in [3.05, 3.63) is 42.1 Å². The molecule has 0 radical (unpaired) electrons. The number of hydrogen-bond donors (Lipinski definition) is 2. The Kier molecular flexibility index (Phi) is 3.49. The third-order valence-electron chi connectivity index (χ3n) is 3.09. The third-order valence-corrected chi connectivity index (χ3v) is 3.09. The standard InChI is InChI=1S/C14H14FN5O/c15-12-4-3-9(16)6-11(12)13-8-20-14(18-13)17-7-10(19-20)2-1-5-21/h3-4,6-8,21H,1-2,5,16H2. The van der Waals surface area contributed by atoms with Crippen LogP contribution in [0.2, 0.25) is 0 Å². The van der Waals surface area contributed by atoms with E-state index in [-0.39, 0.29) is 6.61 Å². The lowest BCUT2D eigenvalue weighted by atomic mass is 10.1. The van der Waals surface area contributed by atoms with E-state index in [1.54, 1.807) is 12.4 Å². The summed E-state index contributed by atoms with van der Waals surface area (Å²) >= 11 is 0. The fourth-order valence-electron chi connectivity index (χ4n) is 2.06. The van der Waals surface area contributed by atoms with E-state index in [2.05, 4.69) is 15.1 Å². The molecule has 0 amide bonds. The molecule has 7 heteroatoms. The summed E-state index contributed by atoms with van der Waals surface area (Å²) in [5.74, 6) is -0.00677. The van der Waals surface area contributed by atoms with Crippen molar-refractivity contribution >= 4 is 11.5 Å². The number of imidazole rings is 1. The fraction of sp³-hybridized carbons (Fsp3) is 0.214. The molecule has 0 saturated carbocycles. The van der Waals surface area contributed by atoms with Crippen LogP contribution in [0.15, 0.2) is 30.6 Å². The predicted molar refractivity (Wildman–Crippen MR) is 76.0 cm³/mol. The molecule has 0 atom stereocenters. The van der Waals surface area contributed by atoms with Crippen LogP contribution >= 0.6 is 0 Å². The molecular formula is C14H14FN5O. The van der Waals surface area contributed by atoms with E-state index in [4.69, 9.17) is 10.8 Å². The van der Waals surface area contributed by atoms with Crippen molar-refractivity contribution in [1.82, 2.24) is 19.6 Å². The zero-order chi connectivity index (χ0) is 14.8. The maximum atomic E-state index is 13.9. The smallest absolute Gasteiger partial charge is 0.251 e. The van der Waals surface area contributed by atoms with Gasteiger partial charge in [0.25, 0.3) is 5.78 Å². The van der Waals surface area contributed by atoms with E-state index in [9.17, 15) is 4.39 Å².